The van der Waals surface area contributed by atoms with Crippen LogP contribution in [0.5, 0.6) is 0 Å². The van der Waals surface area contributed by atoms with Crippen molar-refractivity contribution in [2.45, 2.75) is 19.8 Å². The number of nitrogens with zero attached hydrogens (tertiary/aromatic N) is 1. The van der Waals surface area contributed by atoms with Gasteiger partial charge in [0.05, 0.1) is 11.9 Å². The van der Waals surface area contributed by atoms with Crippen LogP contribution in [0.4, 0.5) is 5.69 Å². The lowest BCUT2D eigenvalue weighted by molar-refractivity contribution is 0.834. The molecule has 0 aliphatic rings. The Balaban J connectivity index is 2.37. The van der Waals surface area contributed by atoms with Crippen molar-refractivity contribution in [1.29, 1.82) is 0 Å². The predicted octanol–water partition coefficient (Wildman–Crippen LogP) is 3.06. The molecule has 1 heterocycles. The van der Waals surface area contributed by atoms with E-state index in [2.05, 4.69) is 33.2 Å². The number of hydrogen-bond donors (Lipinski definition) is 1. The van der Waals surface area contributed by atoms with Gasteiger partial charge in [-0.3, -0.25) is 0 Å². The molecule has 0 aliphatic heterocycles. The SMILES string of the molecule is CCCCNc1ccc(Br)nc1. The number of hydrogen-bond acceptors (Lipinski definition) is 2. The Morgan fingerprint density at radius 1 is 1.50 bits per heavy atom. The molecule has 0 aromatic carbocycles. The molecule has 0 unspecified atom stereocenters. The van der Waals surface area contributed by atoms with E-state index in [0.29, 0.717) is 0 Å². The van der Waals surface area contributed by atoms with E-state index in [1.165, 1.54) is 12.8 Å². The Hall–Kier alpha value is -0.570. The van der Waals surface area contributed by atoms with Gasteiger partial charge in [0.1, 0.15) is 4.60 Å². The maximum Gasteiger partial charge on any atom is 0.106 e. The molecule has 0 saturated carbocycles. The first kappa shape index (κ1) is 9.52. The van der Waals surface area contributed by atoms with Gasteiger partial charge in [0.15, 0.2) is 0 Å². The predicted molar refractivity (Wildman–Crippen MR) is 55.3 cm³/mol. The van der Waals surface area contributed by atoms with Crippen LogP contribution in [0.3, 0.4) is 0 Å². The summed E-state index contributed by atoms with van der Waals surface area (Å²) in [5.41, 5.74) is 1.09. The zero-order chi connectivity index (χ0) is 8.81. The molecule has 0 fully saturated rings. The van der Waals surface area contributed by atoms with Crippen molar-refractivity contribution in [3.63, 3.8) is 0 Å². The highest BCUT2D eigenvalue weighted by Gasteiger charge is 1.90. The number of anilines is 1. The van der Waals surface area contributed by atoms with E-state index in [-0.39, 0.29) is 0 Å². The van der Waals surface area contributed by atoms with Gasteiger partial charge in [0.25, 0.3) is 0 Å². The topological polar surface area (TPSA) is 24.9 Å². The van der Waals surface area contributed by atoms with Crippen LogP contribution in [0.2, 0.25) is 0 Å². The highest BCUT2D eigenvalue weighted by molar-refractivity contribution is 9.10. The summed E-state index contributed by atoms with van der Waals surface area (Å²) in [4.78, 5) is 4.11. The fraction of sp³-hybridized carbons (Fsp3) is 0.444. The molecule has 0 aliphatic carbocycles. The van der Waals surface area contributed by atoms with Crippen molar-refractivity contribution in [3.05, 3.63) is 22.9 Å². The summed E-state index contributed by atoms with van der Waals surface area (Å²) >= 11 is 3.29. The van der Waals surface area contributed by atoms with Crippen LogP contribution < -0.4 is 5.32 Å². The molecular formula is C9H13BrN2. The molecule has 0 bridgehead atoms. The van der Waals surface area contributed by atoms with Crippen LogP contribution in [0.25, 0.3) is 0 Å². The van der Waals surface area contributed by atoms with E-state index in [1.807, 2.05) is 18.3 Å². The molecule has 0 spiro atoms. The summed E-state index contributed by atoms with van der Waals surface area (Å²) in [5.74, 6) is 0. The summed E-state index contributed by atoms with van der Waals surface area (Å²) in [5, 5.41) is 3.29. The first-order valence-corrected chi connectivity index (χ1v) is 4.97. The number of unbranched alkanes of at least 4 members (excludes halogenated alkanes) is 1. The van der Waals surface area contributed by atoms with Crippen molar-refractivity contribution in [2.75, 3.05) is 11.9 Å². The van der Waals surface area contributed by atoms with Gasteiger partial charge >= 0.3 is 0 Å². The quantitative estimate of drug-likeness (QED) is 0.634. The largest absolute Gasteiger partial charge is 0.384 e. The molecule has 0 saturated heterocycles. The molecular weight excluding hydrogens is 216 g/mol. The molecule has 1 rings (SSSR count). The lowest BCUT2D eigenvalue weighted by Gasteiger charge is -2.03. The van der Waals surface area contributed by atoms with Crippen LogP contribution in [-0.4, -0.2) is 11.5 Å². The fourth-order valence-electron chi connectivity index (χ4n) is 0.890. The fourth-order valence-corrected chi connectivity index (χ4v) is 1.12. The molecule has 1 aromatic rings. The normalized spacial score (nSPS) is 9.83. The first-order chi connectivity index (χ1) is 5.83. The third-order valence-electron chi connectivity index (χ3n) is 1.59. The second-order valence-electron chi connectivity index (χ2n) is 2.65. The summed E-state index contributed by atoms with van der Waals surface area (Å²) in [6.45, 7) is 3.21. The van der Waals surface area contributed by atoms with Gasteiger partial charge in [-0.05, 0) is 34.5 Å². The third-order valence-corrected chi connectivity index (χ3v) is 2.06. The third kappa shape index (κ3) is 3.22. The number of rotatable bonds is 4. The van der Waals surface area contributed by atoms with Crippen molar-refractivity contribution in [2.24, 2.45) is 0 Å². The first-order valence-electron chi connectivity index (χ1n) is 4.18. The van der Waals surface area contributed by atoms with E-state index in [1.54, 1.807) is 0 Å². The summed E-state index contributed by atoms with van der Waals surface area (Å²) < 4.78 is 0.878. The second kappa shape index (κ2) is 5.14. The minimum absolute atomic E-state index is 0.878. The van der Waals surface area contributed by atoms with Gasteiger partial charge in [0, 0.05) is 6.54 Å². The highest BCUT2D eigenvalue weighted by atomic mass is 79.9. The van der Waals surface area contributed by atoms with Crippen LogP contribution in [0.1, 0.15) is 19.8 Å². The Bertz CT molecular complexity index is 220. The minimum Gasteiger partial charge on any atom is -0.384 e. The standard InChI is InChI=1S/C9H13BrN2/c1-2-3-6-11-8-4-5-9(10)12-7-8/h4-5,7,11H,2-3,6H2,1H3. The van der Waals surface area contributed by atoms with Gasteiger partial charge in [-0.1, -0.05) is 13.3 Å². The van der Waals surface area contributed by atoms with E-state index in [0.717, 1.165) is 16.8 Å². The number of nitrogens with one attached hydrogen (secondary N) is 1. The van der Waals surface area contributed by atoms with Gasteiger partial charge in [0.2, 0.25) is 0 Å². The average Bonchev–Trinajstić information content (AvgIpc) is 2.09. The molecule has 3 heteroatoms. The van der Waals surface area contributed by atoms with E-state index in [9.17, 15) is 0 Å². The van der Waals surface area contributed by atoms with Gasteiger partial charge in [-0.2, -0.15) is 0 Å². The molecule has 1 N–H and O–H groups in total. The molecule has 0 radical (unpaired) electrons. The Morgan fingerprint density at radius 2 is 2.33 bits per heavy atom. The smallest absolute Gasteiger partial charge is 0.106 e. The summed E-state index contributed by atoms with van der Waals surface area (Å²) in [6.07, 6.45) is 4.26. The molecule has 0 atom stereocenters. The molecule has 66 valence electrons. The maximum absolute atomic E-state index is 4.11. The molecule has 0 amide bonds. The summed E-state index contributed by atoms with van der Waals surface area (Å²) in [7, 11) is 0. The zero-order valence-corrected chi connectivity index (χ0v) is 8.76. The van der Waals surface area contributed by atoms with Crippen molar-refractivity contribution >= 4 is 21.6 Å². The molecule has 12 heavy (non-hydrogen) atoms. The molecule has 1 aromatic heterocycles. The van der Waals surface area contributed by atoms with Crippen molar-refractivity contribution in [1.82, 2.24) is 4.98 Å². The lowest BCUT2D eigenvalue weighted by atomic mass is 10.3. The monoisotopic (exact) mass is 228 g/mol. The molecule has 2 nitrogen and oxygen atoms in total. The Kier molecular flexibility index (Phi) is 4.08. The van der Waals surface area contributed by atoms with Crippen molar-refractivity contribution < 1.29 is 0 Å². The zero-order valence-electron chi connectivity index (χ0n) is 7.18. The highest BCUT2D eigenvalue weighted by Crippen LogP contribution is 2.10. The van der Waals surface area contributed by atoms with Crippen LogP contribution in [0.15, 0.2) is 22.9 Å². The number of aromatic nitrogens is 1. The number of pyridine rings is 1. The van der Waals surface area contributed by atoms with Crippen LogP contribution in [-0.2, 0) is 0 Å². The average molecular weight is 229 g/mol. The lowest BCUT2D eigenvalue weighted by Crippen LogP contribution is -2.00. The Morgan fingerprint density at radius 3 is 2.92 bits per heavy atom. The van der Waals surface area contributed by atoms with E-state index >= 15 is 0 Å². The van der Waals surface area contributed by atoms with Crippen LogP contribution >= 0.6 is 15.9 Å². The van der Waals surface area contributed by atoms with Gasteiger partial charge < -0.3 is 5.32 Å². The van der Waals surface area contributed by atoms with Crippen molar-refractivity contribution in [3.8, 4) is 0 Å². The van der Waals surface area contributed by atoms with E-state index < -0.39 is 0 Å². The Labute approximate surface area is 81.5 Å². The van der Waals surface area contributed by atoms with Crippen LogP contribution in [0, 0.1) is 0 Å². The minimum atomic E-state index is 0.878. The van der Waals surface area contributed by atoms with E-state index in [4.69, 9.17) is 0 Å². The summed E-state index contributed by atoms with van der Waals surface area (Å²) in [6, 6.07) is 3.96. The van der Waals surface area contributed by atoms with Gasteiger partial charge in [-0.15, -0.1) is 0 Å². The number of halogens is 1. The van der Waals surface area contributed by atoms with Gasteiger partial charge in [-0.25, -0.2) is 4.98 Å². The maximum atomic E-state index is 4.11. The second-order valence-corrected chi connectivity index (χ2v) is 3.46.